The average molecular weight is 338 g/mol. The number of nitrogens with zero attached hydrogens (tertiary/aromatic N) is 2. The van der Waals surface area contributed by atoms with E-state index >= 15 is 0 Å². The van der Waals surface area contributed by atoms with Crippen molar-refractivity contribution in [3.63, 3.8) is 0 Å². The summed E-state index contributed by atoms with van der Waals surface area (Å²) in [6.07, 6.45) is 1.05. The summed E-state index contributed by atoms with van der Waals surface area (Å²) in [5, 5.41) is 8.82. The van der Waals surface area contributed by atoms with Crippen molar-refractivity contribution in [2.45, 2.75) is 19.4 Å². The second kappa shape index (κ2) is 8.74. The fraction of sp³-hybridized carbons (Fsp3) is 0.300. The van der Waals surface area contributed by atoms with Gasteiger partial charge in [-0.05, 0) is 41.8 Å². The van der Waals surface area contributed by atoms with Crippen molar-refractivity contribution in [3.8, 4) is 17.6 Å². The lowest BCUT2D eigenvalue weighted by molar-refractivity contribution is -0.130. The van der Waals surface area contributed by atoms with Gasteiger partial charge in [-0.3, -0.25) is 4.79 Å². The van der Waals surface area contributed by atoms with E-state index in [0.717, 1.165) is 11.1 Å². The largest absolute Gasteiger partial charge is 0.493 e. The Bertz CT molecular complexity index is 764. The van der Waals surface area contributed by atoms with Gasteiger partial charge in [0, 0.05) is 20.0 Å². The molecule has 0 atom stereocenters. The molecule has 2 rings (SSSR count). The summed E-state index contributed by atoms with van der Waals surface area (Å²) >= 11 is 0. The van der Waals surface area contributed by atoms with Crippen molar-refractivity contribution >= 4 is 5.91 Å². The number of amides is 1. The molecular weight excluding hydrogens is 316 g/mol. The van der Waals surface area contributed by atoms with E-state index in [0.29, 0.717) is 36.4 Å². The van der Waals surface area contributed by atoms with Crippen LogP contribution in [-0.2, 0) is 17.8 Å². The van der Waals surface area contributed by atoms with Crippen LogP contribution in [0.15, 0.2) is 42.5 Å². The molecule has 0 aromatic heterocycles. The molecule has 25 heavy (non-hydrogen) atoms. The van der Waals surface area contributed by atoms with Gasteiger partial charge >= 0.3 is 0 Å². The van der Waals surface area contributed by atoms with Gasteiger partial charge in [0.05, 0.1) is 25.9 Å². The van der Waals surface area contributed by atoms with Gasteiger partial charge in [-0.2, -0.15) is 5.26 Å². The summed E-state index contributed by atoms with van der Waals surface area (Å²) in [4.78, 5) is 14.0. The molecule has 0 saturated carbocycles. The number of aryl methyl sites for hydroxylation is 1. The monoisotopic (exact) mass is 338 g/mol. The van der Waals surface area contributed by atoms with Crippen molar-refractivity contribution < 1.29 is 14.3 Å². The minimum absolute atomic E-state index is 0.0687. The Kier molecular flexibility index (Phi) is 6.41. The zero-order chi connectivity index (χ0) is 18.2. The molecule has 0 saturated heterocycles. The van der Waals surface area contributed by atoms with Gasteiger partial charge in [-0.25, -0.2) is 0 Å². The first-order valence-electron chi connectivity index (χ1n) is 8.01. The Morgan fingerprint density at radius 1 is 1.04 bits per heavy atom. The van der Waals surface area contributed by atoms with Crippen LogP contribution >= 0.6 is 0 Å². The van der Waals surface area contributed by atoms with Crippen LogP contribution < -0.4 is 9.47 Å². The summed E-state index contributed by atoms with van der Waals surface area (Å²) in [7, 11) is 4.98. The second-order valence-corrected chi connectivity index (χ2v) is 5.75. The summed E-state index contributed by atoms with van der Waals surface area (Å²) < 4.78 is 10.5. The highest BCUT2D eigenvalue weighted by molar-refractivity contribution is 5.76. The van der Waals surface area contributed by atoms with E-state index in [9.17, 15) is 4.79 Å². The van der Waals surface area contributed by atoms with Crippen LogP contribution in [0.1, 0.15) is 23.1 Å². The molecule has 5 heteroatoms. The number of carbonyl (C=O) groups is 1. The molecule has 2 aromatic carbocycles. The fourth-order valence-electron chi connectivity index (χ4n) is 2.52. The summed E-state index contributed by atoms with van der Waals surface area (Å²) in [5.41, 5.74) is 2.64. The van der Waals surface area contributed by atoms with Crippen LogP contribution in [0.4, 0.5) is 0 Å². The molecule has 0 radical (unpaired) electrons. The summed E-state index contributed by atoms with van der Waals surface area (Å²) in [6.45, 7) is 0.524. The van der Waals surface area contributed by atoms with Crippen LogP contribution in [0.5, 0.6) is 11.5 Å². The quantitative estimate of drug-likeness (QED) is 0.778. The Labute approximate surface area is 148 Å². The third-order valence-electron chi connectivity index (χ3n) is 4.00. The van der Waals surface area contributed by atoms with E-state index in [1.807, 2.05) is 30.3 Å². The molecule has 0 bridgehead atoms. The van der Waals surface area contributed by atoms with Crippen molar-refractivity contribution in [3.05, 3.63) is 59.2 Å². The maximum absolute atomic E-state index is 12.3. The summed E-state index contributed by atoms with van der Waals surface area (Å²) in [5.74, 6) is 1.41. The average Bonchev–Trinajstić information content (AvgIpc) is 2.66. The molecular formula is C20H22N2O3. The highest BCUT2D eigenvalue weighted by Crippen LogP contribution is 2.28. The van der Waals surface area contributed by atoms with Crippen LogP contribution in [0.3, 0.4) is 0 Å². The molecule has 5 nitrogen and oxygen atoms in total. The van der Waals surface area contributed by atoms with E-state index in [2.05, 4.69) is 6.07 Å². The van der Waals surface area contributed by atoms with Gasteiger partial charge in [0.25, 0.3) is 0 Å². The number of nitriles is 1. The Hall–Kier alpha value is -3.00. The molecule has 0 aliphatic rings. The molecule has 0 N–H and O–H groups in total. The predicted octanol–water partition coefficient (Wildman–Crippen LogP) is 3.17. The zero-order valence-electron chi connectivity index (χ0n) is 14.8. The number of methoxy groups -OCH3 is 2. The Balaban J connectivity index is 1.91. The highest BCUT2D eigenvalue weighted by Gasteiger charge is 2.11. The zero-order valence-corrected chi connectivity index (χ0v) is 14.8. The van der Waals surface area contributed by atoms with Crippen LogP contribution in [-0.4, -0.2) is 32.1 Å². The van der Waals surface area contributed by atoms with Crippen molar-refractivity contribution in [2.24, 2.45) is 0 Å². The Morgan fingerprint density at radius 3 is 2.28 bits per heavy atom. The number of carbonyl (C=O) groups excluding carboxylic acids is 1. The topological polar surface area (TPSA) is 62.6 Å². The molecule has 0 aliphatic heterocycles. The van der Waals surface area contributed by atoms with E-state index < -0.39 is 0 Å². The lowest BCUT2D eigenvalue weighted by Gasteiger charge is -2.17. The fourth-order valence-corrected chi connectivity index (χ4v) is 2.52. The molecule has 0 fully saturated rings. The van der Waals surface area contributed by atoms with E-state index in [1.165, 1.54) is 0 Å². The highest BCUT2D eigenvalue weighted by atomic mass is 16.5. The van der Waals surface area contributed by atoms with Gasteiger partial charge in [-0.1, -0.05) is 18.2 Å². The van der Waals surface area contributed by atoms with E-state index in [4.69, 9.17) is 14.7 Å². The van der Waals surface area contributed by atoms with Crippen molar-refractivity contribution in [1.29, 1.82) is 5.26 Å². The van der Waals surface area contributed by atoms with E-state index in [1.54, 1.807) is 38.3 Å². The number of rotatable bonds is 7. The third kappa shape index (κ3) is 4.98. The standard InChI is InChI=1S/C20H22N2O3/c1-22(14-17-6-4-16(13-21)5-7-17)20(23)11-9-15-8-10-18(24-2)19(12-15)25-3/h4-8,10,12H,9,11,14H2,1-3H3. The molecule has 1 amide bonds. The van der Waals surface area contributed by atoms with Crippen LogP contribution in [0.2, 0.25) is 0 Å². The first-order valence-corrected chi connectivity index (χ1v) is 8.01. The predicted molar refractivity (Wildman–Crippen MR) is 95.5 cm³/mol. The molecule has 0 unspecified atom stereocenters. The normalized spacial score (nSPS) is 10.0. The van der Waals surface area contributed by atoms with Gasteiger partial charge in [0.2, 0.25) is 5.91 Å². The second-order valence-electron chi connectivity index (χ2n) is 5.75. The van der Waals surface area contributed by atoms with Crippen molar-refractivity contribution in [1.82, 2.24) is 4.90 Å². The molecule has 0 aliphatic carbocycles. The molecule has 2 aromatic rings. The number of benzene rings is 2. The molecule has 0 spiro atoms. The van der Waals surface area contributed by atoms with E-state index in [-0.39, 0.29) is 5.91 Å². The summed E-state index contributed by atoms with van der Waals surface area (Å²) in [6, 6.07) is 15.0. The van der Waals surface area contributed by atoms with Gasteiger partial charge in [0.1, 0.15) is 0 Å². The Morgan fingerprint density at radius 2 is 1.68 bits per heavy atom. The minimum Gasteiger partial charge on any atom is -0.493 e. The number of hydrogen-bond acceptors (Lipinski definition) is 4. The smallest absolute Gasteiger partial charge is 0.222 e. The maximum Gasteiger partial charge on any atom is 0.222 e. The first kappa shape index (κ1) is 18.3. The molecule has 130 valence electrons. The number of hydrogen-bond donors (Lipinski definition) is 0. The number of ether oxygens (including phenoxy) is 2. The third-order valence-corrected chi connectivity index (χ3v) is 4.00. The SMILES string of the molecule is COc1ccc(CCC(=O)N(C)Cc2ccc(C#N)cc2)cc1OC. The lowest BCUT2D eigenvalue weighted by atomic mass is 10.1. The minimum atomic E-state index is 0.0687. The maximum atomic E-state index is 12.3. The van der Waals surface area contributed by atoms with Crippen LogP contribution in [0.25, 0.3) is 0 Å². The van der Waals surface area contributed by atoms with Gasteiger partial charge in [0.15, 0.2) is 11.5 Å². The van der Waals surface area contributed by atoms with Crippen LogP contribution in [0, 0.1) is 11.3 Å². The van der Waals surface area contributed by atoms with Gasteiger partial charge in [-0.15, -0.1) is 0 Å². The van der Waals surface area contributed by atoms with Crippen molar-refractivity contribution in [2.75, 3.05) is 21.3 Å². The first-order chi connectivity index (χ1) is 12.1. The molecule has 0 heterocycles. The lowest BCUT2D eigenvalue weighted by Crippen LogP contribution is -2.26. The van der Waals surface area contributed by atoms with Gasteiger partial charge < -0.3 is 14.4 Å².